The number of terminal acetylenes is 1. The molecule has 1 aliphatic heterocycles. The molecule has 0 atom stereocenters. The minimum absolute atomic E-state index is 0.0133. The van der Waals surface area contributed by atoms with Crippen LogP contribution in [0, 0.1) is 19.3 Å². The molecule has 2 fully saturated rings. The van der Waals surface area contributed by atoms with Crippen molar-refractivity contribution in [3.05, 3.63) is 63.9 Å². The van der Waals surface area contributed by atoms with Crippen LogP contribution < -0.4 is 5.32 Å². The predicted molar refractivity (Wildman–Crippen MR) is 140 cm³/mol. The highest BCUT2D eigenvalue weighted by Gasteiger charge is 2.33. The molecule has 36 heavy (non-hydrogen) atoms. The van der Waals surface area contributed by atoms with Gasteiger partial charge in [-0.1, -0.05) is 43.4 Å². The van der Waals surface area contributed by atoms with Crippen molar-refractivity contribution in [1.82, 2.24) is 25.0 Å². The third-order valence-electron chi connectivity index (χ3n) is 7.46. The maximum absolute atomic E-state index is 13.2. The third kappa shape index (κ3) is 4.80. The Labute approximate surface area is 215 Å². The van der Waals surface area contributed by atoms with E-state index in [4.69, 9.17) is 6.42 Å². The van der Waals surface area contributed by atoms with Crippen molar-refractivity contribution < 1.29 is 9.59 Å². The van der Waals surface area contributed by atoms with E-state index in [9.17, 15) is 9.59 Å². The average molecular weight is 502 g/mol. The van der Waals surface area contributed by atoms with Crippen LogP contribution in [0.15, 0.2) is 41.9 Å². The first-order valence-electron chi connectivity index (χ1n) is 12.6. The molecular weight excluding hydrogens is 470 g/mol. The quantitative estimate of drug-likeness (QED) is 0.513. The molecular formula is C28H31N5O2S. The fourth-order valence-electron chi connectivity index (χ4n) is 5.27. The number of aromatic nitrogens is 3. The summed E-state index contributed by atoms with van der Waals surface area (Å²) in [6.07, 6.45) is 14.0. The summed E-state index contributed by atoms with van der Waals surface area (Å²) >= 11 is 1.52. The molecule has 1 saturated heterocycles. The Balaban J connectivity index is 1.20. The molecule has 1 aliphatic carbocycles. The van der Waals surface area contributed by atoms with Crippen molar-refractivity contribution >= 4 is 23.2 Å². The summed E-state index contributed by atoms with van der Waals surface area (Å²) in [6.45, 7) is 3.24. The van der Waals surface area contributed by atoms with Gasteiger partial charge >= 0.3 is 0 Å². The van der Waals surface area contributed by atoms with Crippen LogP contribution in [0.5, 0.6) is 0 Å². The number of rotatable bonds is 5. The summed E-state index contributed by atoms with van der Waals surface area (Å²) in [5.41, 5.74) is 2.31. The Morgan fingerprint density at radius 1 is 1.14 bits per heavy atom. The van der Waals surface area contributed by atoms with E-state index in [0.717, 1.165) is 61.3 Å². The van der Waals surface area contributed by atoms with Crippen LogP contribution in [-0.2, 0) is 0 Å². The number of piperidine rings is 1. The largest absolute Gasteiger partial charge is 0.338 e. The van der Waals surface area contributed by atoms with Gasteiger partial charge in [0.15, 0.2) is 0 Å². The second-order valence-corrected chi connectivity index (χ2v) is 10.7. The molecule has 2 aromatic heterocycles. The van der Waals surface area contributed by atoms with Crippen LogP contribution in [0.3, 0.4) is 0 Å². The number of hydrogen-bond acceptors (Lipinski definition) is 5. The second kappa shape index (κ2) is 10.3. The predicted octanol–water partition coefficient (Wildman–Crippen LogP) is 4.72. The number of carbonyl (C=O) groups is 2. The molecule has 1 aromatic carbocycles. The van der Waals surface area contributed by atoms with Crippen LogP contribution >= 0.6 is 11.3 Å². The highest BCUT2D eigenvalue weighted by molar-refractivity contribution is 7.09. The lowest BCUT2D eigenvalue weighted by atomic mass is 9.82. The summed E-state index contributed by atoms with van der Waals surface area (Å²) in [5.74, 6) is 2.90. The van der Waals surface area contributed by atoms with Gasteiger partial charge < -0.3 is 10.2 Å². The van der Waals surface area contributed by atoms with Gasteiger partial charge in [-0.3, -0.25) is 9.59 Å². The molecule has 0 unspecified atom stereocenters. The zero-order valence-corrected chi connectivity index (χ0v) is 21.4. The Bertz CT molecular complexity index is 1270. The van der Waals surface area contributed by atoms with E-state index in [1.165, 1.54) is 11.3 Å². The summed E-state index contributed by atoms with van der Waals surface area (Å²) < 4.78 is 1.81. The number of nitrogens with one attached hydrogen (secondary N) is 1. The summed E-state index contributed by atoms with van der Waals surface area (Å²) in [4.78, 5) is 32.7. The topological polar surface area (TPSA) is 80.1 Å². The van der Waals surface area contributed by atoms with Gasteiger partial charge in [0.2, 0.25) is 0 Å². The van der Waals surface area contributed by atoms with Gasteiger partial charge in [-0.05, 0) is 44.7 Å². The van der Waals surface area contributed by atoms with E-state index in [1.807, 2.05) is 47.5 Å². The number of carbonyl (C=O) groups excluding carboxylic acids is 2. The Morgan fingerprint density at radius 3 is 2.56 bits per heavy atom. The monoisotopic (exact) mass is 501 g/mol. The molecule has 3 heterocycles. The summed E-state index contributed by atoms with van der Waals surface area (Å²) in [7, 11) is 0. The van der Waals surface area contributed by atoms with Crippen LogP contribution in [-0.4, -0.2) is 50.1 Å². The highest BCUT2D eigenvalue weighted by atomic mass is 32.1. The van der Waals surface area contributed by atoms with Crippen molar-refractivity contribution in [3.63, 3.8) is 0 Å². The van der Waals surface area contributed by atoms with E-state index in [-0.39, 0.29) is 17.7 Å². The smallest absolute Gasteiger partial charge is 0.271 e. The van der Waals surface area contributed by atoms with Crippen molar-refractivity contribution in [2.75, 3.05) is 13.1 Å². The van der Waals surface area contributed by atoms with Gasteiger partial charge in [-0.15, -0.1) is 17.8 Å². The number of hydrogen-bond donors (Lipinski definition) is 1. The standard InChI is InChI=1S/C28H31N5O2S/c1-3-28(14-8-5-9-15-28)31-25(34)24-19-36-26(30-24)21-12-16-32(17-13-21)27(35)23-18-29-33(20(23)2)22-10-6-4-7-11-22/h1,4,6-7,10-11,18-19,21H,5,8-9,12-17H2,2H3,(H,31,34). The molecule has 2 aliphatic rings. The van der Waals surface area contributed by atoms with Gasteiger partial charge in [0.05, 0.1) is 28.1 Å². The minimum atomic E-state index is -0.544. The van der Waals surface area contributed by atoms with E-state index in [2.05, 4.69) is 21.3 Å². The van der Waals surface area contributed by atoms with Crippen molar-refractivity contribution in [2.24, 2.45) is 0 Å². The second-order valence-electron chi connectivity index (χ2n) is 9.77. The van der Waals surface area contributed by atoms with E-state index >= 15 is 0 Å². The van der Waals surface area contributed by atoms with Crippen molar-refractivity contribution in [1.29, 1.82) is 0 Å². The number of benzene rings is 1. The highest BCUT2D eigenvalue weighted by Crippen LogP contribution is 2.32. The number of thiazole rings is 1. The minimum Gasteiger partial charge on any atom is -0.338 e. The fraction of sp³-hybridized carbons (Fsp3) is 0.429. The third-order valence-corrected chi connectivity index (χ3v) is 8.47. The zero-order valence-electron chi connectivity index (χ0n) is 20.6. The van der Waals surface area contributed by atoms with Crippen LogP contribution in [0.1, 0.15) is 82.4 Å². The Morgan fingerprint density at radius 2 is 1.86 bits per heavy atom. The SMILES string of the molecule is C#CC1(NC(=O)c2csc(C3CCN(C(=O)c4cnn(-c5ccccc5)c4C)CC3)n2)CCCCC1. The number of para-hydroxylation sites is 1. The first-order chi connectivity index (χ1) is 17.5. The molecule has 0 bridgehead atoms. The lowest BCUT2D eigenvalue weighted by molar-refractivity contribution is 0.0712. The summed E-state index contributed by atoms with van der Waals surface area (Å²) in [5, 5.41) is 10.3. The van der Waals surface area contributed by atoms with Crippen molar-refractivity contribution in [2.45, 2.75) is 63.3 Å². The van der Waals surface area contributed by atoms with E-state index in [1.54, 1.807) is 10.9 Å². The van der Waals surface area contributed by atoms with Crippen molar-refractivity contribution in [3.8, 4) is 18.0 Å². The van der Waals surface area contributed by atoms with Gasteiger partial charge in [-0.2, -0.15) is 5.10 Å². The maximum atomic E-state index is 13.2. The normalized spacial score (nSPS) is 17.9. The maximum Gasteiger partial charge on any atom is 0.271 e. The molecule has 8 heteroatoms. The molecule has 186 valence electrons. The summed E-state index contributed by atoms with van der Waals surface area (Å²) in [6, 6.07) is 9.83. The number of nitrogens with zero attached hydrogens (tertiary/aromatic N) is 4. The van der Waals surface area contributed by atoms with E-state index < -0.39 is 5.54 Å². The van der Waals surface area contributed by atoms with Crippen LogP contribution in [0.2, 0.25) is 0 Å². The first kappa shape index (κ1) is 24.3. The lowest BCUT2D eigenvalue weighted by Crippen LogP contribution is -2.48. The Kier molecular flexibility index (Phi) is 6.92. The van der Waals surface area contributed by atoms with Gasteiger partial charge in [-0.25, -0.2) is 9.67 Å². The number of amides is 2. The van der Waals surface area contributed by atoms with E-state index in [0.29, 0.717) is 24.3 Å². The fourth-order valence-corrected chi connectivity index (χ4v) is 6.24. The molecule has 2 amide bonds. The first-order valence-corrected chi connectivity index (χ1v) is 13.5. The molecule has 3 aromatic rings. The Hall–Kier alpha value is -3.44. The molecule has 1 N–H and O–H groups in total. The average Bonchev–Trinajstić information content (AvgIpc) is 3.57. The molecule has 5 rings (SSSR count). The number of likely N-dealkylation sites (tertiary alicyclic amines) is 1. The lowest BCUT2D eigenvalue weighted by Gasteiger charge is -2.33. The molecule has 7 nitrogen and oxygen atoms in total. The molecule has 0 radical (unpaired) electrons. The molecule has 1 saturated carbocycles. The van der Waals surface area contributed by atoms with Crippen LogP contribution in [0.4, 0.5) is 0 Å². The molecule has 0 spiro atoms. The van der Waals surface area contributed by atoms with Gasteiger partial charge in [0.1, 0.15) is 11.2 Å². The zero-order chi connectivity index (χ0) is 25.1. The van der Waals surface area contributed by atoms with Crippen LogP contribution in [0.25, 0.3) is 5.69 Å². The van der Waals surface area contributed by atoms with Gasteiger partial charge in [0.25, 0.3) is 11.8 Å². The van der Waals surface area contributed by atoms with Gasteiger partial charge in [0, 0.05) is 24.4 Å².